The first-order chi connectivity index (χ1) is 16.3. The summed E-state index contributed by atoms with van der Waals surface area (Å²) in [7, 11) is -4.13. The Morgan fingerprint density at radius 1 is 1.06 bits per heavy atom. The number of nitrogens with one attached hydrogen (secondary N) is 2. The van der Waals surface area contributed by atoms with Crippen LogP contribution in [0.2, 0.25) is 0 Å². The van der Waals surface area contributed by atoms with Gasteiger partial charge in [-0.1, -0.05) is 65.8 Å². The molecule has 0 unspecified atom stereocenters. The van der Waals surface area contributed by atoms with Crippen molar-refractivity contribution < 1.29 is 17.7 Å². The van der Waals surface area contributed by atoms with Crippen LogP contribution in [0.3, 0.4) is 0 Å². The summed E-state index contributed by atoms with van der Waals surface area (Å²) in [6.45, 7) is 2.20. The van der Waals surface area contributed by atoms with Gasteiger partial charge in [-0.05, 0) is 45.4 Å². The quantitative estimate of drug-likeness (QED) is 0.289. The molecule has 8 nitrogen and oxygen atoms in total. The summed E-state index contributed by atoms with van der Waals surface area (Å²) in [5, 5.41) is 9.61. The van der Waals surface area contributed by atoms with Gasteiger partial charge in [0.2, 0.25) is 0 Å². The topological polar surface area (TPSA) is 105 Å². The Morgan fingerprint density at radius 3 is 2.32 bits per heavy atom. The average molecular weight is 561 g/mol. The van der Waals surface area contributed by atoms with Crippen LogP contribution in [0.4, 0.5) is 5.88 Å². The Hall–Kier alpha value is -2.99. The van der Waals surface area contributed by atoms with E-state index in [1.807, 2.05) is 60.7 Å². The first-order valence-corrected chi connectivity index (χ1v) is 13.4. The van der Waals surface area contributed by atoms with Gasteiger partial charge in [0.15, 0.2) is 0 Å². The van der Waals surface area contributed by atoms with Crippen LogP contribution in [0.25, 0.3) is 0 Å². The van der Waals surface area contributed by atoms with E-state index in [0.29, 0.717) is 10.2 Å². The van der Waals surface area contributed by atoms with E-state index in [1.165, 1.54) is 11.1 Å². The molecule has 0 aliphatic heterocycles. The molecule has 0 radical (unpaired) electrons. The van der Waals surface area contributed by atoms with Crippen molar-refractivity contribution in [3.8, 4) is 0 Å². The molecule has 2 N–H and O–H groups in total. The highest BCUT2D eigenvalue weighted by Gasteiger charge is 2.29. The van der Waals surface area contributed by atoms with Gasteiger partial charge in [-0.2, -0.15) is 0 Å². The fourth-order valence-electron chi connectivity index (χ4n) is 3.15. The molecule has 0 aliphatic rings. The van der Waals surface area contributed by atoms with Crippen molar-refractivity contribution in [3.63, 3.8) is 0 Å². The smallest absolute Gasteiger partial charge is 0.263 e. The van der Waals surface area contributed by atoms with Gasteiger partial charge in [0.05, 0.1) is 12.2 Å². The standard InChI is InChI=1S/C23H21BrN4O4S2/c1-16-20(24)23(32-26-16)28(15-18-10-6-3-7-11-18)27-34(30,31)19-12-13-33-21(19)22(29)25-14-17-8-4-2-5-9-17/h2-13,27H,14-15H2,1H3,(H,25,29). The molecule has 11 heteroatoms. The number of nitrogens with zero attached hydrogens (tertiary/aromatic N) is 2. The summed E-state index contributed by atoms with van der Waals surface area (Å²) in [6, 6.07) is 20.1. The molecule has 2 heterocycles. The Labute approximate surface area is 209 Å². The maximum atomic E-state index is 13.4. The van der Waals surface area contributed by atoms with Gasteiger partial charge in [0, 0.05) is 6.54 Å². The number of amides is 1. The van der Waals surface area contributed by atoms with Crippen molar-refractivity contribution >= 4 is 49.1 Å². The molecule has 0 aliphatic carbocycles. The zero-order valence-electron chi connectivity index (χ0n) is 18.1. The Bertz CT molecular complexity index is 1370. The van der Waals surface area contributed by atoms with E-state index in [2.05, 4.69) is 31.2 Å². The van der Waals surface area contributed by atoms with Gasteiger partial charge in [-0.3, -0.25) is 9.80 Å². The predicted molar refractivity (Wildman–Crippen MR) is 134 cm³/mol. The van der Waals surface area contributed by atoms with Crippen molar-refractivity contribution in [2.24, 2.45) is 0 Å². The van der Waals surface area contributed by atoms with Crippen LogP contribution in [0, 0.1) is 6.92 Å². The number of sulfonamides is 1. The fourth-order valence-corrected chi connectivity index (χ4v) is 5.90. The van der Waals surface area contributed by atoms with E-state index in [1.54, 1.807) is 12.3 Å². The number of carbonyl (C=O) groups is 1. The second-order valence-electron chi connectivity index (χ2n) is 7.34. The molecule has 0 atom stereocenters. The van der Waals surface area contributed by atoms with Crippen LogP contribution in [0.5, 0.6) is 0 Å². The monoisotopic (exact) mass is 560 g/mol. The maximum absolute atomic E-state index is 13.4. The SMILES string of the molecule is Cc1noc(N(Cc2ccccc2)NS(=O)(=O)c2ccsc2C(=O)NCc2ccccc2)c1Br. The van der Waals surface area contributed by atoms with Crippen molar-refractivity contribution in [1.82, 2.24) is 15.3 Å². The third-order valence-corrected chi connectivity index (χ3v) is 8.19. The number of carbonyl (C=O) groups excluding carboxylic acids is 1. The normalized spacial score (nSPS) is 11.4. The number of halogens is 1. The number of anilines is 1. The number of aryl methyl sites for hydroxylation is 1. The highest BCUT2D eigenvalue weighted by molar-refractivity contribution is 9.10. The van der Waals surface area contributed by atoms with Crippen molar-refractivity contribution in [2.75, 3.05) is 5.01 Å². The molecule has 0 bridgehead atoms. The van der Waals surface area contributed by atoms with Crippen molar-refractivity contribution in [3.05, 3.63) is 98.3 Å². The second kappa shape index (κ2) is 10.5. The molecule has 0 saturated carbocycles. The minimum atomic E-state index is -4.13. The van der Waals surface area contributed by atoms with Gasteiger partial charge in [-0.15, -0.1) is 16.2 Å². The van der Waals surface area contributed by atoms with Crippen LogP contribution in [0.1, 0.15) is 26.5 Å². The number of benzene rings is 2. The van der Waals surface area contributed by atoms with E-state index in [9.17, 15) is 13.2 Å². The molecule has 4 rings (SSSR count). The highest BCUT2D eigenvalue weighted by atomic mass is 79.9. The first-order valence-electron chi connectivity index (χ1n) is 10.2. The van der Waals surface area contributed by atoms with E-state index in [0.717, 1.165) is 22.5 Å². The third kappa shape index (κ3) is 5.55. The Kier molecular flexibility index (Phi) is 7.47. The maximum Gasteiger partial charge on any atom is 0.263 e. The molecule has 1 amide bonds. The van der Waals surface area contributed by atoms with Crippen LogP contribution in [-0.4, -0.2) is 19.5 Å². The highest BCUT2D eigenvalue weighted by Crippen LogP contribution is 2.31. The predicted octanol–water partition coefficient (Wildman–Crippen LogP) is 4.64. The fraction of sp³-hybridized carbons (Fsp3) is 0.130. The number of hydrazine groups is 1. The minimum Gasteiger partial charge on any atom is -0.347 e. The Morgan fingerprint density at radius 2 is 1.71 bits per heavy atom. The summed E-state index contributed by atoms with van der Waals surface area (Å²) in [6.07, 6.45) is 0. The summed E-state index contributed by atoms with van der Waals surface area (Å²) in [4.78, 5) is 15.3. The molecule has 34 heavy (non-hydrogen) atoms. The zero-order valence-corrected chi connectivity index (χ0v) is 21.3. The molecular weight excluding hydrogens is 540 g/mol. The third-order valence-electron chi connectivity index (χ3n) is 4.85. The summed E-state index contributed by atoms with van der Waals surface area (Å²) in [5.74, 6) is -0.263. The molecule has 2 aromatic heterocycles. The van der Waals surface area contributed by atoms with Crippen LogP contribution in [0.15, 0.2) is 86.0 Å². The molecular formula is C23H21BrN4O4S2. The van der Waals surface area contributed by atoms with Gasteiger partial charge in [-0.25, -0.2) is 8.42 Å². The average Bonchev–Trinajstić information content (AvgIpc) is 3.46. The van der Waals surface area contributed by atoms with Crippen molar-refractivity contribution in [1.29, 1.82) is 0 Å². The Balaban J connectivity index is 1.58. The van der Waals surface area contributed by atoms with E-state index in [-0.39, 0.29) is 28.7 Å². The molecule has 176 valence electrons. The number of thiophene rings is 1. The second-order valence-corrected chi connectivity index (χ2v) is 10.7. The summed E-state index contributed by atoms with van der Waals surface area (Å²) < 4.78 is 32.7. The number of hydrogen-bond donors (Lipinski definition) is 2. The molecule has 4 aromatic rings. The minimum absolute atomic E-state index is 0.0934. The molecule has 0 saturated heterocycles. The van der Waals surface area contributed by atoms with Crippen LogP contribution >= 0.6 is 27.3 Å². The molecule has 2 aromatic carbocycles. The zero-order chi connectivity index (χ0) is 24.1. The van der Waals surface area contributed by atoms with E-state index in [4.69, 9.17) is 4.52 Å². The largest absolute Gasteiger partial charge is 0.347 e. The first kappa shape index (κ1) is 24.1. The summed E-state index contributed by atoms with van der Waals surface area (Å²) in [5.41, 5.74) is 2.33. The molecule has 0 spiro atoms. The number of rotatable bonds is 9. The lowest BCUT2D eigenvalue weighted by atomic mass is 10.2. The van der Waals surface area contributed by atoms with Crippen LogP contribution < -0.4 is 15.2 Å². The lowest BCUT2D eigenvalue weighted by Gasteiger charge is -2.22. The number of aromatic nitrogens is 1. The van der Waals surface area contributed by atoms with Gasteiger partial charge in [0.1, 0.15) is 14.2 Å². The van der Waals surface area contributed by atoms with Gasteiger partial charge < -0.3 is 9.84 Å². The van der Waals surface area contributed by atoms with Crippen LogP contribution in [-0.2, 0) is 23.1 Å². The van der Waals surface area contributed by atoms with Gasteiger partial charge in [0.25, 0.3) is 21.8 Å². The molecule has 0 fully saturated rings. The van der Waals surface area contributed by atoms with Crippen molar-refractivity contribution in [2.45, 2.75) is 24.9 Å². The van der Waals surface area contributed by atoms with E-state index < -0.39 is 15.9 Å². The van der Waals surface area contributed by atoms with E-state index >= 15 is 0 Å². The lowest BCUT2D eigenvalue weighted by molar-refractivity contribution is 0.0952. The number of hydrogen-bond acceptors (Lipinski definition) is 7. The lowest BCUT2D eigenvalue weighted by Crippen LogP contribution is -2.42. The van der Waals surface area contributed by atoms with Gasteiger partial charge >= 0.3 is 0 Å². The summed E-state index contributed by atoms with van der Waals surface area (Å²) >= 11 is 4.47.